The molecule has 2 fully saturated rings. The molecule has 1 saturated heterocycles. The van der Waals surface area contributed by atoms with Crippen LogP contribution in [0.3, 0.4) is 0 Å². The van der Waals surface area contributed by atoms with Crippen molar-refractivity contribution < 1.29 is 13.9 Å². The third-order valence-electron chi connectivity index (χ3n) is 5.62. The standard InChI is InChI=1S/C24H23ClFN5O2S/c25-24(26)15-20(24)22(32)28-16-3-7-19(8-4-16)34-21-9-10-27-23(30-21)29-17-1-5-18(6-2-17)31-11-13-33-14-12-31/h1-10,20H,11-15H2,(H,28,32)(H,27,29,30). The number of rotatable bonds is 7. The van der Waals surface area contributed by atoms with Gasteiger partial charge < -0.3 is 20.3 Å². The average molecular weight is 500 g/mol. The summed E-state index contributed by atoms with van der Waals surface area (Å²) in [4.78, 5) is 24.1. The van der Waals surface area contributed by atoms with Crippen LogP contribution in [0.2, 0.25) is 0 Å². The zero-order chi connectivity index (χ0) is 23.5. The average Bonchev–Trinajstić information content (AvgIpc) is 3.50. The molecule has 1 aliphatic carbocycles. The molecular weight excluding hydrogens is 477 g/mol. The lowest BCUT2D eigenvalue weighted by Crippen LogP contribution is -2.36. The molecule has 176 valence electrons. The largest absolute Gasteiger partial charge is 0.378 e. The van der Waals surface area contributed by atoms with E-state index in [4.69, 9.17) is 16.3 Å². The van der Waals surface area contributed by atoms with Crippen LogP contribution >= 0.6 is 23.4 Å². The summed E-state index contributed by atoms with van der Waals surface area (Å²) >= 11 is 7.01. The lowest BCUT2D eigenvalue weighted by molar-refractivity contribution is -0.117. The quantitative estimate of drug-likeness (QED) is 0.347. The molecule has 0 bridgehead atoms. The third-order valence-corrected chi connectivity index (χ3v) is 6.98. The fraction of sp³-hybridized carbons (Fsp3) is 0.292. The second-order valence-electron chi connectivity index (χ2n) is 8.12. The molecule has 1 amide bonds. The van der Waals surface area contributed by atoms with Crippen molar-refractivity contribution in [3.05, 3.63) is 60.8 Å². The lowest BCUT2D eigenvalue weighted by atomic mass is 10.2. The summed E-state index contributed by atoms with van der Waals surface area (Å²) in [7, 11) is 0. The van der Waals surface area contributed by atoms with Gasteiger partial charge in [-0.2, -0.15) is 0 Å². The highest BCUT2D eigenvalue weighted by Gasteiger charge is 2.58. The van der Waals surface area contributed by atoms with E-state index in [1.165, 1.54) is 17.4 Å². The van der Waals surface area contributed by atoms with Crippen LogP contribution in [0, 0.1) is 5.92 Å². The molecule has 2 heterocycles. The van der Waals surface area contributed by atoms with Gasteiger partial charge in [0.2, 0.25) is 11.9 Å². The van der Waals surface area contributed by atoms with Crippen LogP contribution in [0.1, 0.15) is 6.42 Å². The number of hydrogen-bond acceptors (Lipinski definition) is 7. The Bertz CT molecular complexity index is 1160. The molecule has 5 rings (SSSR count). The molecule has 1 saturated carbocycles. The van der Waals surface area contributed by atoms with Crippen LogP contribution in [0.25, 0.3) is 0 Å². The summed E-state index contributed by atoms with van der Waals surface area (Å²) in [6.45, 7) is 3.30. The minimum atomic E-state index is -1.90. The number of benzene rings is 2. The number of carbonyl (C=O) groups is 1. The smallest absolute Gasteiger partial charge is 0.232 e. The van der Waals surface area contributed by atoms with Gasteiger partial charge in [-0.05, 0) is 54.6 Å². The highest BCUT2D eigenvalue weighted by Crippen LogP contribution is 2.51. The minimum absolute atomic E-state index is 0.0520. The van der Waals surface area contributed by atoms with E-state index in [9.17, 15) is 9.18 Å². The first-order chi connectivity index (χ1) is 16.5. The van der Waals surface area contributed by atoms with Crippen LogP contribution < -0.4 is 15.5 Å². The number of nitrogens with zero attached hydrogens (tertiary/aromatic N) is 3. The number of morpholine rings is 1. The molecule has 3 aromatic rings. The number of carbonyl (C=O) groups excluding carboxylic acids is 1. The van der Waals surface area contributed by atoms with E-state index >= 15 is 0 Å². The first kappa shape index (κ1) is 22.9. The summed E-state index contributed by atoms with van der Waals surface area (Å²) in [6, 6.07) is 17.3. The number of hydrogen-bond donors (Lipinski definition) is 2. The Kier molecular flexibility index (Phi) is 6.58. The Morgan fingerprint density at radius 2 is 1.76 bits per heavy atom. The maximum Gasteiger partial charge on any atom is 0.232 e. The van der Waals surface area contributed by atoms with Crippen LogP contribution in [0.4, 0.5) is 27.4 Å². The first-order valence-electron chi connectivity index (χ1n) is 11.0. The van der Waals surface area contributed by atoms with Gasteiger partial charge >= 0.3 is 0 Å². The Morgan fingerprint density at radius 3 is 2.44 bits per heavy atom. The molecule has 2 unspecified atom stereocenters. The number of alkyl halides is 2. The molecule has 2 aromatic carbocycles. The van der Waals surface area contributed by atoms with Crippen LogP contribution in [-0.4, -0.2) is 47.3 Å². The van der Waals surface area contributed by atoms with Gasteiger partial charge in [0.05, 0.1) is 19.1 Å². The van der Waals surface area contributed by atoms with Crippen LogP contribution in [0.15, 0.2) is 70.7 Å². The molecular formula is C24H23ClFN5O2S. The highest BCUT2D eigenvalue weighted by atomic mass is 35.5. The zero-order valence-electron chi connectivity index (χ0n) is 18.2. The Labute approximate surface area is 206 Å². The van der Waals surface area contributed by atoms with Gasteiger partial charge in [-0.3, -0.25) is 4.79 Å². The summed E-state index contributed by atoms with van der Waals surface area (Å²) < 4.78 is 18.9. The van der Waals surface area contributed by atoms with Gasteiger partial charge in [0, 0.05) is 47.7 Å². The fourth-order valence-corrected chi connectivity index (χ4v) is 4.65. The zero-order valence-corrected chi connectivity index (χ0v) is 19.8. The number of aromatic nitrogens is 2. The van der Waals surface area contributed by atoms with Gasteiger partial charge in [0.15, 0.2) is 5.13 Å². The molecule has 0 spiro atoms. The molecule has 1 aliphatic heterocycles. The van der Waals surface area contributed by atoms with Crippen LogP contribution in [-0.2, 0) is 9.53 Å². The van der Waals surface area contributed by atoms with Gasteiger partial charge in [-0.1, -0.05) is 23.4 Å². The van der Waals surface area contributed by atoms with E-state index in [-0.39, 0.29) is 6.42 Å². The molecule has 7 nitrogen and oxygen atoms in total. The fourth-order valence-electron chi connectivity index (χ4n) is 3.62. The van der Waals surface area contributed by atoms with E-state index in [2.05, 4.69) is 37.6 Å². The molecule has 2 aliphatic rings. The van der Waals surface area contributed by atoms with E-state index in [1.54, 1.807) is 18.3 Å². The number of nitrogens with one attached hydrogen (secondary N) is 2. The topological polar surface area (TPSA) is 79.4 Å². The summed E-state index contributed by atoms with van der Waals surface area (Å²) in [6.07, 6.45) is 1.76. The summed E-state index contributed by atoms with van der Waals surface area (Å²) in [5, 5.41) is 4.82. The van der Waals surface area contributed by atoms with Crippen molar-refractivity contribution in [2.45, 2.75) is 21.5 Å². The molecule has 1 aromatic heterocycles. The Balaban J connectivity index is 1.17. The van der Waals surface area contributed by atoms with Crippen LogP contribution in [0.5, 0.6) is 0 Å². The normalized spacial score (nSPS) is 21.7. The second kappa shape index (κ2) is 9.77. The van der Waals surface area contributed by atoms with Crippen molar-refractivity contribution in [2.75, 3.05) is 41.8 Å². The van der Waals surface area contributed by atoms with Crippen molar-refractivity contribution in [3.63, 3.8) is 0 Å². The third kappa shape index (κ3) is 5.60. The lowest BCUT2D eigenvalue weighted by Gasteiger charge is -2.28. The molecule has 0 radical (unpaired) electrons. The van der Waals surface area contributed by atoms with E-state index in [1.807, 2.05) is 30.3 Å². The predicted octanol–water partition coefficient (Wildman–Crippen LogP) is 5.07. The van der Waals surface area contributed by atoms with Crippen molar-refractivity contribution in [3.8, 4) is 0 Å². The summed E-state index contributed by atoms with van der Waals surface area (Å²) in [5.41, 5.74) is 2.67. The van der Waals surface area contributed by atoms with E-state index in [0.717, 1.165) is 41.9 Å². The van der Waals surface area contributed by atoms with Crippen molar-refractivity contribution >= 4 is 52.3 Å². The van der Waals surface area contributed by atoms with E-state index in [0.29, 0.717) is 11.6 Å². The van der Waals surface area contributed by atoms with Gasteiger partial charge in [0.25, 0.3) is 0 Å². The number of anilines is 4. The van der Waals surface area contributed by atoms with Gasteiger partial charge in [-0.15, -0.1) is 0 Å². The molecule has 2 N–H and O–H groups in total. The van der Waals surface area contributed by atoms with Crippen molar-refractivity contribution in [2.24, 2.45) is 5.92 Å². The van der Waals surface area contributed by atoms with E-state index < -0.39 is 17.0 Å². The Hall–Kier alpha value is -2.88. The number of amides is 1. The molecule has 34 heavy (non-hydrogen) atoms. The van der Waals surface area contributed by atoms with Crippen molar-refractivity contribution in [1.82, 2.24) is 9.97 Å². The Morgan fingerprint density at radius 1 is 1.09 bits per heavy atom. The molecule has 2 atom stereocenters. The maximum atomic E-state index is 13.5. The summed E-state index contributed by atoms with van der Waals surface area (Å²) in [5.74, 6) is -0.679. The second-order valence-corrected chi connectivity index (χ2v) is 9.85. The highest BCUT2D eigenvalue weighted by molar-refractivity contribution is 7.99. The molecule has 10 heteroatoms. The van der Waals surface area contributed by atoms with Crippen molar-refractivity contribution in [1.29, 1.82) is 0 Å². The number of halogens is 2. The SMILES string of the molecule is O=C(Nc1ccc(Sc2ccnc(Nc3ccc(N4CCOCC4)cc3)n2)cc1)C1CC1(F)Cl. The van der Waals surface area contributed by atoms with Gasteiger partial charge in [0.1, 0.15) is 5.03 Å². The number of ether oxygens (including phenoxy) is 1. The maximum absolute atomic E-state index is 13.5. The van der Waals surface area contributed by atoms with Gasteiger partial charge in [-0.25, -0.2) is 14.4 Å². The minimum Gasteiger partial charge on any atom is -0.378 e. The first-order valence-corrected chi connectivity index (χ1v) is 12.2. The predicted molar refractivity (Wildman–Crippen MR) is 132 cm³/mol. The monoisotopic (exact) mass is 499 g/mol.